The Labute approximate surface area is 163 Å². The van der Waals surface area contributed by atoms with Crippen LogP contribution in [-0.4, -0.2) is 31.6 Å². The van der Waals surface area contributed by atoms with E-state index < -0.39 is 24.5 Å². The van der Waals surface area contributed by atoms with Crippen LogP contribution in [0.25, 0.3) is 6.08 Å². The van der Waals surface area contributed by atoms with E-state index in [-0.39, 0.29) is 0 Å². The third-order valence-corrected chi connectivity index (χ3v) is 3.89. The molecule has 0 aliphatic carbocycles. The molecule has 0 bridgehead atoms. The standard InChI is InChI=1S/C21H22N2O5/c1-14-4-8-17(12-15(14)2)22-21(26)23-19(24)13-28-20(25)11-7-16-5-9-18(27-3)10-6-16/h4-12H,13H2,1-3H3,(H2,22,23,24,26)/b11-7+. The number of rotatable bonds is 6. The third kappa shape index (κ3) is 6.60. The maximum absolute atomic E-state index is 11.8. The van der Waals surface area contributed by atoms with Gasteiger partial charge in [0.2, 0.25) is 0 Å². The molecule has 0 radical (unpaired) electrons. The summed E-state index contributed by atoms with van der Waals surface area (Å²) in [5.74, 6) is -0.719. The van der Waals surface area contributed by atoms with Gasteiger partial charge in [-0.15, -0.1) is 0 Å². The molecule has 0 aliphatic heterocycles. The first-order valence-corrected chi connectivity index (χ1v) is 8.54. The molecule has 2 rings (SSSR count). The van der Waals surface area contributed by atoms with E-state index in [1.54, 1.807) is 49.6 Å². The molecule has 0 spiro atoms. The Morgan fingerprint density at radius 2 is 1.71 bits per heavy atom. The maximum atomic E-state index is 11.8. The summed E-state index contributed by atoms with van der Waals surface area (Å²) in [4.78, 5) is 35.2. The van der Waals surface area contributed by atoms with Crippen LogP contribution in [-0.2, 0) is 14.3 Å². The maximum Gasteiger partial charge on any atom is 0.331 e. The van der Waals surface area contributed by atoms with Crippen LogP contribution in [0.5, 0.6) is 5.75 Å². The van der Waals surface area contributed by atoms with Crippen molar-refractivity contribution in [2.24, 2.45) is 0 Å². The number of nitrogens with one attached hydrogen (secondary N) is 2. The van der Waals surface area contributed by atoms with Crippen molar-refractivity contribution in [3.05, 3.63) is 65.2 Å². The summed E-state index contributed by atoms with van der Waals surface area (Å²) in [5, 5.41) is 4.65. The Balaban J connectivity index is 1.75. The van der Waals surface area contributed by atoms with Gasteiger partial charge in [0.15, 0.2) is 6.61 Å². The van der Waals surface area contributed by atoms with Gasteiger partial charge in [-0.2, -0.15) is 0 Å². The van der Waals surface area contributed by atoms with E-state index in [2.05, 4.69) is 10.6 Å². The van der Waals surface area contributed by atoms with Crippen LogP contribution in [0.2, 0.25) is 0 Å². The average Bonchev–Trinajstić information content (AvgIpc) is 2.68. The topological polar surface area (TPSA) is 93.7 Å². The number of imide groups is 1. The molecule has 0 aromatic heterocycles. The van der Waals surface area contributed by atoms with Crippen molar-refractivity contribution >= 4 is 29.7 Å². The normalized spacial score (nSPS) is 10.4. The minimum atomic E-state index is -0.729. The van der Waals surface area contributed by atoms with Crippen LogP contribution in [0.3, 0.4) is 0 Å². The van der Waals surface area contributed by atoms with E-state index in [0.29, 0.717) is 11.4 Å². The molecule has 0 atom stereocenters. The molecule has 0 fully saturated rings. The van der Waals surface area contributed by atoms with Gasteiger partial charge in [-0.25, -0.2) is 9.59 Å². The molecule has 7 nitrogen and oxygen atoms in total. The predicted octanol–water partition coefficient (Wildman–Crippen LogP) is 3.22. The molecule has 7 heteroatoms. The van der Waals surface area contributed by atoms with Gasteiger partial charge in [-0.3, -0.25) is 10.1 Å². The highest BCUT2D eigenvalue weighted by Gasteiger charge is 2.10. The van der Waals surface area contributed by atoms with Gasteiger partial charge < -0.3 is 14.8 Å². The highest BCUT2D eigenvalue weighted by Crippen LogP contribution is 2.14. The molecule has 0 aliphatic rings. The van der Waals surface area contributed by atoms with Crippen LogP contribution >= 0.6 is 0 Å². The number of carbonyl (C=O) groups is 3. The zero-order valence-corrected chi connectivity index (χ0v) is 15.9. The van der Waals surface area contributed by atoms with Crippen molar-refractivity contribution in [3.63, 3.8) is 0 Å². The zero-order valence-electron chi connectivity index (χ0n) is 15.9. The van der Waals surface area contributed by atoms with E-state index in [0.717, 1.165) is 16.7 Å². The second kappa shape index (κ2) is 9.91. The van der Waals surface area contributed by atoms with Crippen LogP contribution in [0, 0.1) is 13.8 Å². The molecule has 146 valence electrons. The van der Waals surface area contributed by atoms with Crippen molar-refractivity contribution < 1.29 is 23.9 Å². The summed E-state index contributed by atoms with van der Waals surface area (Å²) in [6.45, 7) is 3.31. The number of carbonyl (C=O) groups excluding carboxylic acids is 3. The van der Waals surface area contributed by atoms with Gasteiger partial charge >= 0.3 is 12.0 Å². The Bertz CT molecular complexity index is 888. The van der Waals surface area contributed by atoms with Crippen LogP contribution in [0.4, 0.5) is 10.5 Å². The van der Waals surface area contributed by atoms with Gasteiger partial charge in [0, 0.05) is 11.8 Å². The fraction of sp³-hybridized carbons (Fsp3) is 0.190. The molecule has 0 unspecified atom stereocenters. The van der Waals surface area contributed by atoms with Crippen molar-refractivity contribution in [2.75, 3.05) is 19.0 Å². The Hall–Kier alpha value is -3.61. The summed E-state index contributed by atoms with van der Waals surface area (Å²) in [6.07, 6.45) is 2.75. The van der Waals surface area contributed by atoms with Gasteiger partial charge in [0.05, 0.1) is 7.11 Å². The van der Waals surface area contributed by atoms with Gasteiger partial charge in [0.25, 0.3) is 5.91 Å². The second-order valence-corrected chi connectivity index (χ2v) is 6.02. The first kappa shape index (κ1) is 20.7. The monoisotopic (exact) mass is 382 g/mol. The highest BCUT2D eigenvalue weighted by atomic mass is 16.5. The quantitative estimate of drug-likeness (QED) is 0.591. The molecular formula is C21H22N2O5. The minimum absolute atomic E-state index is 0.563. The second-order valence-electron chi connectivity index (χ2n) is 6.02. The minimum Gasteiger partial charge on any atom is -0.497 e. The number of urea groups is 1. The number of anilines is 1. The summed E-state index contributed by atoms with van der Waals surface area (Å²) in [7, 11) is 1.56. The highest BCUT2D eigenvalue weighted by molar-refractivity contribution is 6.02. The number of ether oxygens (including phenoxy) is 2. The first-order chi connectivity index (χ1) is 13.4. The van der Waals surface area contributed by atoms with Gasteiger partial charge in [-0.05, 0) is 60.9 Å². The van der Waals surface area contributed by atoms with Gasteiger partial charge in [-0.1, -0.05) is 18.2 Å². The lowest BCUT2D eigenvalue weighted by Crippen LogP contribution is -2.37. The molecule has 2 aromatic carbocycles. The van der Waals surface area contributed by atoms with Crippen LogP contribution in [0.1, 0.15) is 16.7 Å². The van der Waals surface area contributed by atoms with Crippen molar-refractivity contribution in [3.8, 4) is 5.75 Å². The van der Waals surface area contributed by atoms with Crippen LogP contribution in [0.15, 0.2) is 48.5 Å². The lowest BCUT2D eigenvalue weighted by atomic mass is 10.1. The van der Waals surface area contributed by atoms with E-state index in [4.69, 9.17) is 9.47 Å². The molecule has 0 heterocycles. The molecular weight excluding hydrogens is 360 g/mol. The average molecular weight is 382 g/mol. The van der Waals surface area contributed by atoms with E-state index >= 15 is 0 Å². The number of hydrogen-bond donors (Lipinski definition) is 2. The fourth-order valence-corrected chi connectivity index (χ4v) is 2.21. The smallest absolute Gasteiger partial charge is 0.331 e. The zero-order chi connectivity index (χ0) is 20.5. The number of esters is 1. The number of amides is 3. The molecule has 28 heavy (non-hydrogen) atoms. The lowest BCUT2D eigenvalue weighted by molar-refractivity contribution is -0.143. The number of benzene rings is 2. The van der Waals surface area contributed by atoms with Crippen molar-refractivity contribution in [1.82, 2.24) is 5.32 Å². The third-order valence-electron chi connectivity index (χ3n) is 3.89. The largest absolute Gasteiger partial charge is 0.497 e. The Kier molecular flexibility index (Phi) is 7.33. The summed E-state index contributed by atoms with van der Waals surface area (Å²) >= 11 is 0. The molecule has 2 aromatic rings. The fourth-order valence-electron chi connectivity index (χ4n) is 2.21. The lowest BCUT2D eigenvalue weighted by Gasteiger charge is -2.08. The number of methoxy groups -OCH3 is 1. The van der Waals surface area contributed by atoms with Crippen molar-refractivity contribution in [1.29, 1.82) is 0 Å². The predicted molar refractivity (Wildman–Crippen MR) is 106 cm³/mol. The van der Waals surface area contributed by atoms with Gasteiger partial charge in [0.1, 0.15) is 5.75 Å². The van der Waals surface area contributed by atoms with E-state index in [1.807, 2.05) is 19.9 Å². The number of hydrogen-bond acceptors (Lipinski definition) is 5. The summed E-state index contributed by atoms with van der Waals surface area (Å²) < 4.78 is 9.86. The molecule has 0 saturated heterocycles. The Morgan fingerprint density at radius 1 is 1.00 bits per heavy atom. The van der Waals surface area contributed by atoms with Crippen LogP contribution < -0.4 is 15.4 Å². The summed E-state index contributed by atoms with van der Waals surface area (Å²) in [5.41, 5.74) is 3.45. The molecule has 2 N–H and O–H groups in total. The number of aryl methyl sites for hydroxylation is 2. The molecule has 0 saturated carbocycles. The first-order valence-electron chi connectivity index (χ1n) is 8.54. The van der Waals surface area contributed by atoms with E-state index in [1.165, 1.54) is 6.08 Å². The van der Waals surface area contributed by atoms with E-state index in [9.17, 15) is 14.4 Å². The molecule has 3 amide bonds. The Morgan fingerprint density at radius 3 is 2.36 bits per heavy atom. The summed E-state index contributed by atoms with van der Waals surface area (Å²) in [6, 6.07) is 11.7. The SMILES string of the molecule is COc1ccc(/C=C/C(=O)OCC(=O)NC(=O)Nc2ccc(C)c(C)c2)cc1. The van der Waals surface area contributed by atoms with Crippen molar-refractivity contribution in [2.45, 2.75) is 13.8 Å².